The van der Waals surface area contributed by atoms with E-state index in [1.807, 2.05) is 24.3 Å². The maximum Gasteiger partial charge on any atom is 0.246 e. The third-order valence-corrected chi connectivity index (χ3v) is 5.27. The quantitative estimate of drug-likeness (QED) is 0.491. The Labute approximate surface area is 170 Å². The number of ether oxygens (including phenoxy) is 1. The Hall–Kier alpha value is -2.87. The molecule has 2 aliphatic rings. The van der Waals surface area contributed by atoms with Crippen molar-refractivity contribution in [2.75, 3.05) is 11.9 Å². The van der Waals surface area contributed by atoms with Gasteiger partial charge in [-0.25, -0.2) is 4.99 Å². The van der Waals surface area contributed by atoms with Gasteiger partial charge in [0.05, 0.1) is 24.8 Å². The zero-order valence-corrected chi connectivity index (χ0v) is 16.7. The van der Waals surface area contributed by atoms with Gasteiger partial charge in [-0.2, -0.15) is 5.10 Å². The summed E-state index contributed by atoms with van der Waals surface area (Å²) in [5.41, 5.74) is 1.79. The number of anilines is 1. The van der Waals surface area contributed by atoms with Crippen LogP contribution in [0.1, 0.15) is 31.7 Å². The van der Waals surface area contributed by atoms with E-state index < -0.39 is 0 Å². The smallest absolute Gasteiger partial charge is 0.246 e. The number of aromatic nitrogens is 2. The number of benzene rings is 1. The van der Waals surface area contributed by atoms with Gasteiger partial charge >= 0.3 is 0 Å². The summed E-state index contributed by atoms with van der Waals surface area (Å²) in [6.45, 7) is 3.58. The first-order valence-corrected chi connectivity index (χ1v) is 10.3. The van der Waals surface area contributed by atoms with E-state index in [1.54, 1.807) is 23.1 Å². The summed E-state index contributed by atoms with van der Waals surface area (Å²) >= 11 is 0. The summed E-state index contributed by atoms with van der Waals surface area (Å²) in [4.78, 5) is 16.9. The minimum absolute atomic E-state index is 0.111. The Morgan fingerprint density at radius 1 is 1.34 bits per heavy atom. The molecule has 2 saturated heterocycles. The van der Waals surface area contributed by atoms with Gasteiger partial charge in [-0.15, -0.1) is 0 Å². The zero-order chi connectivity index (χ0) is 20.1. The van der Waals surface area contributed by atoms with E-state index in [-0.39, 0.29) is 12.5 Å². The summed E-state index contributed by atoms with van der Waals surface area (Å²) < 4.78 is 7.52. The van der Waals surface area contributed by atoms with E-state index in [2.05, 4.69) is 28.0 Å². The molecule has 3 heterocycles. The number of carbonyl (C=O) groups is 1. The third-order valence-electron chi connectivity index (χ3n) is 5.27. The Morgan fingerprint density at radius 3 is 3.00 bits per heavy atom. The second kappa shape index (κ2) is 9.09. The summed E-state index contributed by atoms with van der Waals surface area (Å²) in [7, 11) is 0. The number of rotatable bonds is 7. The molecule has 4 rings (SSSR count). The topological polar surface area (TPSA) is 92.6 Å². The lowest BCUT2D eigenvalue weighted by Gasteiger charge is -2.22. The van der Waals surface area contributed by atoms with Crippen molar-refractivity contribution in [1.82, 2.24) is 20.4 Å². The van der Waals surface area contributed by atoms with Crippen LogP contribution >= 0.6 is 0 Å². The van der Waals surface area contributed by atoms with Gasteiger partial charge in [0, 0.05) is 24.6 Å². The molecular formula is C21H28N6O2. The minimum Gasteiger partial charge on any atom is -0.373 e. The highest BCUT2D eigenvalue weighted by molar-refractivity contribution is 5.90. The predicted octanol–water partition coefficient (Wildman–Crippen LogP) is 1.90. The number of hydrogen-bond donors (Lipinski definition) is 3. The molecule has 2 fully saturated rings. The lowest BCUT2D eigenvalue weighted by molar-refractivity contribution is -0.116. The fraction of sp³-hybridized carbons (Fsp3) is 0.476. The first kappa shape index (κ1) is 19.4. The van der Waals surface area contributed by atoms with Crippen LogP contribution in [0.4, 0.5) is 5.69 Å². The van der Waals surface area contributed by atoms with Crippen LogP contribution in [-0.4, -0.2) is 46.4 Å². The largest absolute Gasteiger partial charge is 0.373 e. The van der Waals surface area contributed by atoms with Gasteiger partial charge in [-0.1, -0.05) is 12.1 Å². The third kappa shape index (κ3) is 5.14. The van der Waals surface area contributed by atoms with Crippen molar-refractivity contribution in [3.8, 4) is 0 Å². The molecule has 29 heavy (non-hydrogen) atoms. The summed E-state index contributed by atoms with van der Waals surface area (Å²) in [6.07, 6.45) is 7.48. The van der Waals surface area contributed by atoms with Crippen molar-refractivity contribution in [3.63, 3.8) is 0 Å². The molecule has 3 unspecified atom stereocenters. The molecule has 2 bridgehead atoms. The van der Waals surface area contributed by atoms with Gasteiger partial charge in [0.1, 0.15) is 6.54 Å². The molecule has 2 aliphatic heterocycles. The number of nitrogens with zero attached hydrogens (tertiary/aromatic N) is 3. The zero-order valence-electron chi connectivity index (χ0n) is 16.7. The second-order valence-electron chi connectivity index (χ2n) is 7.51. The normalized spacial score (nSPS) is 23.2. The van der Waals surface area contributed by atoms with Crippen LogP contribution in [0.5, 0.6) is 0 Å². The molecule has 1 amide bonds. The number of aliphatic imine (C=N–C) groups is 1. The molecule has 0 radical (unpaired) electrons. The van der Waals surface area contributed by atoms with E-state index in [4.69, 9.17) is 9.73 Å². The Morgan fingerprint density at radius 2 is 2.28 bits per heavy atom. The minimum atomic E-state index is -0.111. The number of carbonyl (C=O) groups excluding carboxylic acids is 1. The fourth-order valence-corrected chi connectivity index (χ4v) is 3.94. The van der Waals surface area contributed by atoms with E-state index in [1.165, 1.54) is 6.42 Å². The number of amides is 1. The van der Waals surface area contributed by atoms with Crippen LogP contribution in [0.25, 0.3) is 0 Å². The van der Waals surface area contributed by atoms with Crippen LogP contribution in [0, 0.1) is 0 Å². The monoisotopic (exact) mass is 396 g/mol. The van der Waals surface area contributed by atoms with Crippen molar-refractivity contribution >= 4 is 17.6 Å². The Bertz CT molecular complexity index is 851. The van der Waals surface area contributed by atoms with Gasteiger partial charge in [-0.05, 0) is 49.9 Å². The maximum absolute atomic E-state index is 12.2. The Kier molecular flexibility index (Phi) is 6.09. The summed E-state index contributed by atoms with van der Waals surface area (Å²) in [5.74, 6) is 0.697. The Balaban J connectivity index is 1.34. The molecule has 0 saturated carbocycles. The van der Waals surface area contributed by atoms with Crippen molar-refractivity contribution in [2.45, 2.75) is 57.5 Å². The number of nitrogens with one attached hydrogen (secondary N) is 3. The van der Waals surface area contributed by atoms with Gasteiger partial charge in [0.2, 0.25) is 5.91 Å². The SMILES string of the molecule is CCNC(=NCc1cccc(NC(=O)Cn2cccn2)c1)NC1CC2CCC1O2. The predicted molar refractivity (Wildman–Crippen MR) is 112 cm³/mol. The van der Waals surface area contributed by atoms with Crippen molar-refractivity contribution in [1.29, 1.82) is 0 Å². The van der Waals surface area contributed by atoms with Crippen molar-refractivity contribution < 1.29 is 9.53 Å². The molecule has 0 aliphatic carbocycles. The molecule has 2 aromatic rings. The molecule has 154 valence electrons. The molecule has 8 nitrogen and oxygen atoms in total. The molecule has 1 aromatic carbocycles. The molecule has 3 N–H and O–H groups in total. The van der Waals surface area contributed by atoms with Crippen LogP contribution < -0.4 is 16.0 Å². The number of fused-ring (bicyclic) bond motifs is 2. The van der Waals surface area contributed by atoms with Crippen molar-refractivity contribution in [2.24, 2.45) is 4.99 Å². The van der Waals surface area contributed by atoms with Crippen LogP contribution in [0.3, 0.4) is 0 Å². The lowest BCUT2D eigenvalue weighted by atomic mass is 9.96. The highest BCUT2D eigenvalue weighted by Gasteiger charge is 2.41. The number of hydrogen-bond acceptors (Lipinski definition) is 4. The summed E-state index contributed by atoms with van der Waals surface area (Å²) in [6, 6.07) is 9.90. The van der Waals surface area contributed by atoms with Gasteiger partial charge in [0.25, 0.3) is 0 Å². The van der Waals surface area contributed by atoms with Gasteiger partial charge < -0.3 is 20.7 Å². The first-order valence-electron chi connectivity index (χ1n) is 10.3. The molecule has 3 atom stereocenters. The first-order chi connectivity index (χ1) is 14.2. The highest BCUT2D eigenvalue weighted by atomic mass is 16.5. The van der Waals surface area contributed by atoms with E-state index in [9.17, 15) is 4.79 Å². The van der Waals surface area contributed by atoms with Gasteiger partial charge in [-0.3, -0.25) is 9.48 Å². The molecular weight excluding hydrogens is 368 g/mol. The van der Waals surface area contributed by atoms with Crippen LogP contribution in [0.15, 0.2) is 47.7 Å². The fourth-order valence-electron chi connectivity index (χ4n) is 3.94. The highest BCUT2D eigenvalue weighted by Crippen LogP contribution is 2.34. The second-order valence-corrected chi connectivity index (χ2v) is 7.51. The average molecular weight is 396 g/mol. The molecule has 8 heteroatoms. The van der Waals surface area contributed by atoms with Crippen molar-refractivity contribution in [3.05, 3.63) is 48.3 Å². The average Bonchev–Trinajstić information content (AvgIpc) is 3.45. The van der Waals surface area contributed by atoms with Crippen LogP contribution in [0.2, 0.25) is 0 Å². The number of guanidine groups is 1. The molecule has 0 spiro atoms. The summed E-state index contributed by atoms with van der Waals surface area (Å²) in [5, 5.41) is 13.8. The van der Waals surface area contributed by atoms with E-state index in [0.717, 1.165) is 36.6 Å². The maximum atomic E-state index is 12.2. The van der Waals surface area contributed by atoms with Gasteiger partial charge in [0.15, 0.2) is 5.96 Å². The molecule has 1 aromatic heterocycles. The van der Waals surface area contributed by atoms with E-state index >= 15 is 0 Å². The standard InChI is InChI=1S/C21H28N6O2/c1-2-22-21(26-18-12-17-7-8-19(18)29-17)23-13-15-5-3-6-16(11-15)25-20(28)14-27-10-4-9-24-27/h3-6,9-11,17-19H,2,7-8,12-14H2,1H3,(H,25,28)(H2,22,23,26). The van der Waals surface area contributed by atoms with Crippen LogP contribution in [-0.2, 0) is 22.6 Å². The van der Waals surface area contributed by atoms with E-state index in [0.29, 0.717) is 24.8 Å². The lowest BCUT2D eigenvalue weighted by Crippen LogP contribution is -2.47.